The van der Waals surface area contributed by atoms with E-state index >= 15 is 0 Å². The van der Waals surface area contributed by atoms with Gasteiger partial charge in [-0.25, -0.2) is 4.39 Å². The molecular weight excluding hydrogens is 295 g/mol. The highest BCUT2D eigenvalue weighted by Gasteiger charge is 2.07. The van der Waals surface area contributed by atoms with Crippen LogP contribution in [-0.2, 0) is 0 Å². The van der Waals surface area contributed by atoms with Crippen molar-refractivity contribution in [2.75, 3.05) is 6.26 Å². The van der Waals surface area contributed by atoms with Crippen LogP contribution in [0.5, 0.6) is 0 Å². The molecule has 1 aromatic carbocycles. The Balaban J connectivity index is 3.25. The summed E-state index contributed by atoms with van der Waals surface area (Å²) in [5.41, 5.74) is 0. The van der Waals surface area contributed by atoms with E-state index in [0.717, 1.165) is 4.47 Å². The largest absolute Gasteiger partial charge is 0.204 e. The predicted molar refractivity (Wildman–Crippen MR) is 53.6 cm³/mol. The van der Waals surface area contributed by atoms with Crippen LogP contribution in [0.15, 0.2) is 26.0 Å². The van der Waals surface area contributed by atoms with E-state index in [9.17, 15) is 4.39 Å². The Labute approximate surface area is 85.8 Å². The van der Waals surface area contributed by atoms with E-state index in [1.54, 1.807) is 6.07 Å². The average Bonchev–Trinajstić information content (AvgIpc) is 2.01. The van der Waals surface area contributed by atoms with Gasteiger partial charge in [0.2, 0.25) is 0 Å². The third-order valence-electron chi connectivity index (χ3n) is 1.22. The Bertz CT molecular complexity index is 275. The molecule has 4 heteroatoms. The molecule has 0 aliphatic rings. The van der Waals surface area contributed by atoms with Crippen molar-refractivity contribution in [1.29, 1.82) is 0 Å². The molecule has 0 amide bonds. The molecule has 0 fully saturated rings. The highest BCUT2D eigenvalue weighted by atomic mass is 79.9. The zero-order valence-corrected chi connectivity index (χ0v) is 9.69. The topological polar surface area (TPSA) is 0 Å². The fourth-order valence-electron chi connectivity index (χ4n) is 0.666. The molecule has 0 N–H and O–H groups in total. The molecule has 0 spiro atoms. The second kappa shape index (κ2) is 3.92. The van der Waals surface area contributed by atoms with Crippen LogP contribution in [0.4, 0.5) is 4.39 Å². The Kier molecular flexibility index (Phi) is 3.40. The summed E-state index contributed by atoms with van der Waals surface area (Å²) in [6.45, 7) is 0. The van der Waals surface area contributed by atoms with Gasteiger partial charge in [0.15, 0.2) is 5.82 Å². The Morgan fingerprint density at radius 3 is 2.55 bits per heavy atom. The summed E-state index contributed by atoms with van der Waals surface area (Å²) in [5, 5.41) is 0. The van der Waals surface area contributed by atoms with E-state index in [0.29, 0.717) is 9.37 Å². The van der Waals surface area contributed by atoms with Crippen LogP contribution in [0.25, 0.3) is 0 Å². The minimum atomic E-state index is -0.202. The molecule has 1 rings (SSSR count). The highest BCUT2D eigenvalue weighted by molar-refractivity contribution is 9.13. The minimum Gasteiger partial charge on any atom is -0.204 e. The highest BCUT2D eigenvalue weighted by Crippen LogP contribution is 2.31. The van der Waals surface area contributed by atoms with Gasteiger partial charge in [0.25, 0.3) is 0 Å². The predicted octanol–water partition coefficient (Wildman–Crippen LogP) is 4.07. The average molecular weight is 300 g/mol. The maximum Gasteiger partial charge on any atom is 0.152 e. The van der Waals surface area contributed by atoms with Crippen molar-refractivity contribution >= 4 is 43.6 Å². The van der Waals surface area contributed by atoms with Gasteiger partial charge < -0.3 is 0 Å². The summed E-state index contributed by atoms with van der Waals surface area (Å²) in [6, 6.07) is 3.56. The van der Waals surface area contributed by atoms with Crippen molar-refractivity contribution in [2.45, 2.75) is 4.90 Å². The standard InChI is InChI=1S/C7H5Br2FS/c1-11-5-3-2-4(8)6(9)7(5)10/h2-3H,1H3. The fraction of sp³-hybridized carbons (Fsp3) is 0.143. The van der Waals surface area contributed by atoms with Gasteiger partial charge in [0, 0.05) is 9.37 Å². The van der Waals surface area contributed by atoms with Crippen molar-refractivity contribution in [2.24, 2.45) is 0 Å². The third kappa shape index (κ3) is 1.98. The van der Waals surface area contributed by atoms with Gasteiger partial charge >= 0.3 is 0 Å². The normalized spacial score (nSPS) is 10.2. The van der Waals surface area contributed by atoms with Gasteiger partial charge in [-0.05, 0) is 50.2 Å². The van der Waals surface area contributed by atoms with Gasteiger partial charge in [-0.2, -0.15) is 0 Å². The molecule has 0 atom stereocenters. The lowest BCUT2D eigenvalue weighted by Gasteiger charge is -2.01. The molecule has 0 bridgehead atoms. The maximum absolute atomic E-state index is 13.2. The second-order valence-corrected chi connectivity index (χ2v) is 4.37. The van der Waals surface area contributed by atoms with Crippen molar-refractivity contribution < 1.29 is 4.39 Å². The molecule has 0 unspecified atom stereocenters. The lowest BCUT2D eigenvalue weighted by molar-refractivity contribution is 0.594. The quantitative estimate of drug-likeness (QED) is 0.556. The molecule has 0 saturated heterocycles. The van der Waals surface area contributed by atoms with E-state index in [1.165, 1.54) is 11.8 Å². The number of halogens is 3. The lowest BCUT2D eigenvalue weighted by Crippen LogP contribution is -1.82. The molecular formula is C7H5Br2FS. The summed E-state index contributed by atoms with van der Waals surface area (Å²) in [5.74, 6) is -0.202. The molecule has 0 heterocycles. The van der Waals surface area contributed by atoms with E-state index in [2.05, 4.69) is 31.9 Å². The zero-order valence-electron chi connectivity index (χ0n) is 5.70. The molecule has 1 aromatic rings. The van der Waals surface area contributed by atoms with Crippen LogP contribution in [-0.4, -0.2) is 6.26 Å². The van der Waals surface area contributed by atoms with Gasteiger partial charge in [-0.15, -0.1) is 11.8 Å². The van der Waals surface area contributed by atoms with Gasteiger partial charge in [0.1, 0.15) is 0 Å². The molecule has 11 heavy (non-hydrogen) atoms. The first-order chi connectivity index (χ1) is 5.16. The molecule has 60 valence electrons. The SMILES string of the molecule is CSc1ccc(Br)c(Br)c1F. The number of thioether (sulfide) groups is 1. The fourth-order valence-corrected chi connectivity index (χ4v) is 1.93. The van der Waals surface area contributed by atoms with Crippen molar-refractivity contribution in [1.82, 2.24) is 0 Å². The summed E-state index contributed by atoms with van der Waals surface area (Å²) < 4.78 is 14.4. The Morgan fingerprint density at radius 1 is 1.36 bits per heavy atom. The van der Waals surface area contributed by atoms with Crippen LogP contribution in [0.2, 0.25) is 0 Å². The van der Waals surface area contributed by atoms with E-state index in [4.69, 9.17) is 0 Å². The van der Waals surface area contributed by atoms with Crippen molar-refractivity contribution in [3.8, 4) is 0 Å². The van der Waals surface area contributed by atoms with E-state index in [-0.39, 0.29) is 5.82 Å². The van der Waals surface area contributed by atoms with Crippen LogP contribution in [0.1, 0.15) is 0 Å². The number of rotatable bonds is 1. The third-order valence-corrected chi connectivity index (χ3v) is 3.94. The van der Waals surface area contributed by atoms with Gasteiger partial charge in [0.05, 0.1) is 4.47 Å². The molecule has 0 nitrogen and oxygen atoms in total. The maximum atomic E-state index is 13.2. The number of hydrogen-bond acceptors (Lipinski definition) is 1. The first-order valence-corrected chi connectivity index (χ1v) is 5.65. The lowest BCUT2D eigenvalue weighted by atomic mass is 10.3. The monoisotopic (exact) mass is 298 g/mol. The first kappa shape index (κ1) is 9.55. The van der Waals surface area contributed by atoms with Crippen molar-refractivity contribution in [3.05, 3.63) is 26.9 Å². The number of hydrogen-bond donors (Lipinski definition) is 0. The Hall–Kier alpha value is 0.460. The van der Waals surface area contributed by atoms with Crippen LogP contribution in [0.3, 0.4) is 0 Å². The molecule has 0 radical (unpaired) electrons. The van der Waals surface area contributed by atoms with Crippen molar-refractivity contribution in [3.63, 3.8) is 0 Å². The summed E-state index contributed by atoms with van der Waals surface area (Å²) >= 11 is 7.74. The molecule has 0 saturated carbocycles. The van der Waals surface area contributed by atoms with E-state index < -0.39 is 0 Å². The zero-order chi connectivity index (χ0) is 8.43. The smallest absolute Gasteiger partial charge is 0.152 e. The molecule has 0 aromatic heterocycles. The van der Waals surface area contributed by atoms with Crippen LogP contribution >= 0.6 is 43.6 Å². The first-order valence-electron chi connectivity index (χ1n) is 2.84. The summed E-state index contributed by atoms with van der Waals surface area (Å²) in [4.78, 5) is 0.653. The van der Waals surface area contributed by atoms with Gasteiger partial charge in [-0.1, -0.05) is 0 Å². The summed E-state index contributed by atoms with van der Waals surface area (Å²) in [7, 11) is 0. The summed E-state index contributed by atoms with van der Waals surface area (Å²) in [6.07, 6.45) is 1.85. The minimum absolute atomic E-state index is 0.202. The van der Waals surface area contributed by atoms with Gasteiger partial charge in [-0.3, -0.25) is 0 Å². The molecule has 0 aliphatic heterocycles. The van der Waals surface area contributed by atoms with Crippen LogP contribution in [0, 0.1) is 5.82 Å². The number of benzene rings is 1. The second-order valence-electron chi connectivity index (χ2n) is 1.88. The molecule has 0 aliphatic carbocycles. The Morgan fingerprint density at radius 2 is 2.00 bits per heavy atom. The van der Waals surface area contributed by atoms with Crippen LogP contribution < -0.4 is 0 Å². The van der Waals surface area contributed by atoms with E-state index in [1.807, 2.05) is 12.3 Å².